The zero-order valence-corrected chi connectivity index (χ0v) is 13.9. The van der Waals surface area contributed by atoms with Crippen LogP contribution in [0.5, 0.6) is 0 Å². The van der Waals surface area contributed by atoms with Crippen LogP contribution < -0.4 is 5.32 Å². The first-order valence-corrected chi connectivity index (χ1v) is 8.14. The Hall–Kier alpha value is -1.35. The average Bonchev–Trinajstić information content (AvgIpc) is 2.75. The summed E-state index contributed by atoms with van der Waals surface area (Å²) >= 11 is 0. The van der Waals surface area contributed by atoms with E-state index in [0.29, 0.717) is 0 Å². The third-order valence-electron chi connectivity index (χ3n) is 4.50. The molecule has 1 N–H and O–H groups in total. The number of amides is 1. The number of benzene rings is 1. The Labute approximate surface area is 128 Å². The summed E-state index contributed by atoms with van der Waals surface area (Å²) in [4.78, 5) is 14.7. The van der Waals surface area contributed by atoms with Crippen molar-refractivity contribution in [2.45, 2.75) is 72.1 Å². The quantitative estimate of drug-likeness (QED) is 0.896. The fourth-order valence-electron chi connectivity index (χ4n) is 3.34. The maximum Gasteiger partial charge on any atom is 0.241 e. The Kier molecular flexibility index (Phi) is 5.04. The third kappa shape index (κ3) is 3.13. The van der Waals surface area contributed by atoms with E-state index >= 15 is 0 Å². The van der Waals surface area contributed by atoms with E-state index in [1.54, 1.807) is 0 Å². The molecule has 1 heterocycles. The molecule has 1 aliphatic rings. The molecule has 1 fully saturated rings. The molecule has 0 bridgehead atoms. The van der Waals surface area contributed by atoms with Crippen LogP contribution in [0, 0.1) is 13.8 Å². The lowest BCUT2D eigenvalue weighted by atomic mass is 10.0. The van der Waals surface area contributed by atoms with Gasteiger partial charge in [-0.2, -0.15) is 0 Å². The molecule has 0 saturated carbocycles. The van der Waals surface area contributed by atoms with Gasteiger partial charge >= 0.3 is 0 Å². The van der Waals surface area contributed by atoms with E-state index in [0.717, 1.165) is 19.3 Å². The van der Waals surface area contributed by atoms with E-state index in [2.05, 4.69) is 63.0 Å². The third-order valence-corrected chi connectivity index (χ3v) is 4.50. The Morgan fingerprint density at radius 1 is 1.29 bits per heavy atom. The summed E-state index contributed by atoms with van der Waals surface area (Å²) < 4.78 is 0. The lowest BCUT2D eigenvalue weighted by Gasteiger charge is -2.31. The first kappa shape index (κ1) is 16.0. The molecule has 0 spiro atoms. The summed E-state index contributed by atoms with van der Waals surface area (Å²) in [6, 6.07) is 6.73. The van der Waals surface area contributed by atoms with Crippen molar-refractivity contribution in [1.29, 1.82) is 0 Å². The Bertz CT molecular complexity index is 512. The van der Waals surface area contributed by atoms with Gasteiger partial charge in [0, 0.05) is 6.04 Å². The molecule has 0 aliphatic carbocycles. The normalized spacial score (nSPS) is 23.7. The van der Waals surface area contributed by atoms with Crippen LogP contribution in [0.2, 0.25) is 0 Å². The smallest absolute Gasteiger partial charge is 0.241 e. The first-order valence-electron chi connectivity index (χ1n) is 8.14. The van der Waals surface area contributed by atoms with E-state index < -0.39 is 0 Å². The van der Waals surface area contributed by atoms with Crippen LogP contribution in [0.3, 0.4) is 0 Å². The van der Waals surface area contributed by atoms with E-state index in [4.69, 9.17) is 0 Å². The number of hydrogen-bond acceptors (Lipinski definition) is 2. The van der Waals surface area contributed by atoms with Crippen LogP contribution in [-0.2, 0) is 4.79 Å². The van der Waals surface area contributed by atoms with Gasteiger partial charge in [0.05, 0.1) is 6.04 Å². The highest BCUT2D eigenvalue weighted by Gasteiger charge is 2.41. The number of nitrogens with zero attached hydrogens (tertiary/aromatic N) is 1. The predicted molar refractivity (Wildman–Crippen MR) is 87.1 cm³/mol. The van der Waals surface area contributed by atoms with Gasteiger partial charge in [-0.05, 0) is 44.7 Å². The topological polar surface area (TPSA) is 32.3 Å². The van der Waals surface area contributed by atoms with Gasteiger partial charge in [-0.1, -0.05) is 44.0 Å². The van der Waals surface area contributed by atoms with Gasteiger partial charge in [-0.25, -0.2) is 0 Å². The van der Waals surface area contributed by atoms with Crippen molar-refractivity contribution in [2.24, 2.45) is 0 Å². The highest BCUT2D eigenvalue weighted by molar-refractivity contribution is 5.84. The molecular weight excluding hydrogens is 260 g/mol. The molecule has 2 rings (SSSR count). The van der Waals surface area contributed by atoms with Gasteiger partial charge in [0.25, 0.3) is 0 Å². The molecular formula is C18H28N2O. The summed E-state index contributed by atoms with van der Waals surface area (Å²) in [5.74, 6) is 0.253. The highest BCUT2D eigenvalue weighted by atomic mass is 16.2. The minimum absolute atomic E-state index is 0.0181. The van der Waals surface area contributed by atoms with Crippen molar-refractivity contribution in [3.63, 3.8) is 0 Å². The largest absolute Gasteiger partial charge is 0.319 e. The molecule has 1 aromatic carbocycles. The van der Waals surface area contributed by atoms with Crippen LogP contribution in [-0.4, -0.2) is 22.9 Å². The zero-order chi connectivity index (χ0) is 15.6. The van der Waals surface area contributed by atoms with Crippen LogP contribution in [0.25, 0.3) is 0 Å². The molecule has 1 saturated heterocycles. The number of carbonyl (C=O) groups is 1. The molecule has 3 atom stereocenters. The van der Waals surface area contributed by atoms with Gasteiger partial charge in [0.2, 0.25) is 5.91 Å². The maximum atomic E-state index is 12.7. The summed E-state index contributed by atoms with van der Waals surface area (Å²) in [5, 5.41) is 3.53. The van der Waals surface area contributed by atoms with Crippen molar-refractivity contribution < 1.29 is 4.79 Å². The molecule has 3 heteroatoms. The second kappa shape index (κ2) is 6.61. The number of aryl methyl sites for hydroxylation is 2. The lowest BCUT2D eigenvalue weighted by molar-refractivity contribution is -0.132. The van der Waals surface area contributed by atoms with Crippen LogP contribution >= 0.6 is 0 Å². The summed E-state index contributed by atoms with van der Waals surface area (Å²) in [6.07, 6.45) is 3.01. The molecule has 3 unspecified atom stereocenters. The molecule has 1 amide bonds. The Morgan fingerprint density at radius 2 is 2.00 bits per heavy atom. The maximum absolute atomic E-state index is 12.7. The fraction of sp³-hybridized carbons (Fsp3) is 0.611. The highest BCUT2D eigenvalue weighted by Crippen LogP contribution is 2.31. The van der Waals surface area contributed by atoms with E-state index in [1.807, 2.05) is 0 Å². The van der Waals surface area contributed by atoms with Crippen molar-refractivity contribution in [3.05, 3.63) is 34.9 Å². The van der Waals surface area contributed by atoms with Gasteiger partial charge < -0.3 is 4.90 Å². The fourth-order valence-corrected chi connectivity index (χ4v) is 3.34. The second-order valence-electron chi connectivity index (χ2n) is 6.27. The lowest BCUT2D eigenvalue weighted by Crippen LogP contribution is -2.38. The van der Waals surface area contributed by atoms with Crippen molar-refractivity contribution in [3.8, 4) is 0 Å². The standard InChI is InChI=1S/C18H28N2O/c1-6-8-14(5)20-17(19-16(7-2)18(20)21)15-10-9-12(3)11-13(15)4/h9-11,14,16-17,19H,6-8H2,1-5H3. The molecule has 1 aliphatic heterocycles. The molecule has 0 radical (unpaired) electrons. The summed E-state index contributed by atoms with van der Waals surface area (Å²) in [6.45, 7) is 10.7. The van der Waals surface area contributed by atoms with Gasteiger partial charge in [-0.3, -0.25) is 10.1 Å². The molecule has 0 aromatic heterocycles. The SMILES string of the molecule is CCCC(C)N1C(=O)C(CC)NC1c1ccc(C)cc1C. The molecule has 21 heavy (non-hydrogen) atoms. The predicted octanol–water partition coefficient (Wildman–Crippen LogP) is 3.70. The average molecular weight is 288 g/mol. The van der Waals surface area contributed by atoms with E-state index in [9.17, 15) is 4.79 Å². The van der Waals surface area contributed by atoms with Crippen LogP contribution in [0.4, 0.5) is 0 Å². The number of hydrogen-bond donors (Lipinski definition) is 1. The van der Waals surface area contributed by atoms with Crippen LogP contribution in [0.1, 0.15) is 62.9 Å². The van der Waals surface area contributed by atoms with Gasteiger partial charge in [0.1, 0.15) is 6.17 Å². The number of nitrogens with one attached hydrogen (secondary N) is 1. The van der Waals surface area contributed by atoms with Crippen molar-refractivity contribution in [2.75, 3.05) is 0 Å². The van der Waals surface area contributed by atoms with E-state index in [-0.39, 0.29) is 24.2 Å². The minimum Gasteiger partial charge on any atom is -0.319 e. The minimum atomic E-state index is -0.0463. The number of carbonyl (C=O) groups excluding carboxylic acids is 1. The monoisotopic (exact) mass is 288 g/mol. The zero-order valence-electron chi connectivity index (χ0n) is 13.9. The van der Waals surface area contributed by atoms with Crippen molar-refractivity contribution in [1.82, 2.24) is 10.2 Å². The molecule has 1 aromatic rings. The van der Waals surface area contributed by atoms with Gasteiger partial charge in [-0.15, -0.1) is 0 Å². The van der Waals surface area contributed by atoms with Gasteiger partial charge in [0.15, 0.2) is 0 Å². The molecule has 116 valence electrons. The Balaban J connectivity index is 2.36. The first-order chi connectivity index (χ1) is 9.99. The molecule has 3 nitrogen and oxygen atoms in total. The summed E-state index contributed by atoms with van der Waals surface area (Å²) in [5.41, 5.74) is 3.75. The van der Waals surface area contributed by atoms with Crippen molar-refractivity contribution >= 4 is 5.91 Å². The van der Waals surface area contributed by atoms with Crippen LogP contribution in [0.15, 0.2) is 18.2 Å². The number of rotatable bonds is 5. The van der Waals surface area contributed by atoms with E-state index in [1.165, 1.54) is 16.7 Å². The summed E-state index contributed by atoms with van der Waals surface area (Å²) in [7, 11) is 0. The Morgan fingerprint density at radius 3 is 2.57 bits per heavy atom. The second-order valence-corrected chi connectivity index (χ2v) is 6.27.